The van der Waals surface area contributed by atoms with Gasteiger partial charge < -0.3 is 10.6 Å². The van der Waals surface area contributed by atoms with E-state index in [1.54, 1.807) is 0 Å². The molecule has 4 heteroatoms. The Bertz CT molecular complexity index is 344. The number of nitrogens with zero attached hydrogens (tertiary/aromatic N) is 1. The summed E-state index contributed by atoms with van der Waals surface area (Å²) in [5.74, 6) is 2.52. The van der Waals surface area contributed by atoms with Gasteiger partial charge in [0.15, 0.2) is 0 Å². The van der Waals surface area contributed by atoms with E-state index in [0.717, 1.165) is 13.1 Å². The molecule has 2 aliphatic rings. The van der Waals surface area contributed by atoms with Crippen LogP contribution in [-0.2, 0) is 4.79 Å². The van der Waals surface area contributed by atoms with Crippen LogP contribution >= 0.6 is 0 Å². The van der Waals surface area contributed by atoms with Crippen molar-refractivity contribution in [3.63, 3.8) is 0 Å². The average Bonchev–Trinajstić information content (AvgIpc) is 2.98. The van der Waals surface area contributed by atoms with Crippen molar-refractivity contribution in [1.29, 1.82) is 0 Å². The molecule has 3 atom stereocenters. The molecule has 19 heavy (non-hydrogen) atoms. The molecule has 2 heterocycles. The summed E-state index contributed by atoms with van der Waals surface area (Å²) in [6.07, 6.45) is 11.4. The first-order valence-corrected chi connectivity index (χ1v) is 7.44. The normalized spacial score (nSPS) is 29.7. The molecule has 2 saturated heterocycles. The Balaban J connectivity index is 1.97. The number of carbonyl (C=O) groups is 1. The van der Waals surface area contributed by atoms with Gasteiger partial charge in [-0.3, -0.25) is 9.69 Å². The van der Waals surface area contributed by atoms with E-state index in [4.69, 9.17) is 6.42 Å². The highest BCUT2D eigenvalue weighted by molar-refractivity contribution is 5.81. The highest BCUT2D eigenvalue weighted by atomic mass is 16.2. The van der Waals surface area contributed by atoms with Gasteiger partial charge >= 0.3 is 0 Å². The lowest BCUT2D eigenvalue weighted by Crippen LogP contribution is -2.57. The molecule has 2 rings (SSSR count). The third kappa shape index (κ3) is 3.49. The molecule has 0 spiro atoms. The van der Waals surface area contributed by atoms with Crippen LogP contribution in [-0.4, -0.2) is 48.6 Å². The van der Waals surface area contributed by atoms with E-state index in [-0.39, 0.29) is 11.9 Å². The van der Waals surface area contributed by atoms with Crippen LogP contribution in [0, 0.1) is 12.3 Å². The van der Waals surface area contributed by atoms with Gasteiger partial charge in [-0.2, -0.15) is 0 Å². The molecule has 2 aliphatic heterocycles. The number of nitrogens with one attached hydrogen (secondary N) is 2. The number of terminal acetylenes is 1. The van der Waals surface area contributed by atoms with Gasteiger partial charge in [-0.05, 0) is 45.7 Å². The summed E-state index contributed by atoms with van der Waals surface area (Å²) in [5.41, 5.74) is 0. The zero-order valence-corrected chi connectivity index (χ0v) is 11.8. The summed E-state index contributed by atoms with van der Waals surface area (Å²) in [4.78, 5) is 14.5. The fourth-order valence-corrected chi connectivity index (χ4v) is 3.37. The Labute approximate surface area is 116 Å². The molecule has 0 bridgehead atoms. The average molecular weight is 263 g/mol. The predicted octanol–water partition coefficient (Wildman–Crippen LogP) is 0.731. The molecule has 0 aromatic heterocycles. The van der Waals surface area contributed by atoms with Gasteiger partial charge in [0.25, 0.3) is 0 Å². The maximum absolute atomic E-state index is 12.1. The van der Waals surface area contributed by atoms with E-state index in [0.29, 0.717) is 18.6 Å². The van der Waals surface area contributed by atoms with Crippen LogP contribution in [0.2, 0.25) is 0 Å². The fourth-order valence-electron chi connectivity index (χ4n) is 3.37. The molecule has 2 N–H and O–H groups in total. The fraction of sp³-hybridized carbons (Fsp3) is 0.800. The minimum Gasteiger partial charge on any atom is -0.344 e. The Morgan fingerprint density at radius 3 is 3.00 bits per heavy atom. The Morgan fingerprint density at radius 1 is 1.47 bits per heavy atom. The van der Waals surface area contributed by atoms with Crippen LogP contribution in [0.4, 0.5) is 0 Å². The van der Waals surface area contributed by atoms with Crippen LogP contribution in [0.1, 0.15) is 39.0 Å². The van der Waals surface area contributed by atoms with Crippen molar-refractivity contribution in [2.45, 2.75) is 57.2 Å². The molecule has 0 aromatic rings. The van der Waals surface area contributed by atoms with Gasteiger partial charge in [-0.25, -0.2) is 0 Å². The van der Waals surface area contributed by atoms with Gasteiger partial charge in [-0.1, -0.05) is 12.3 Å². The summed E-state index contributed by atoms with van der Waals surface area (Å²) in [7, 11) is 0. The van der Waals surface area contributed by atoms with Crippen molar-refractivity contribution in [3.05, 3.63) is 0 Å². The Morgan fingerprint density at radius 2 is 2.32 bits per heavy atom. The summed E-state index contributed by atoms with van der Waals surface area (Å²) >= 11 is 0. The maximum Gasteiger partial charge on any atom is 0.237 e. The Kier molecular flexibility index (Phi) is 5.24. The van der Waals surface area contributed by atoms with Crippen molar-refractivity contribution < 1.29 is 4.79 Å². The number of piperidine rings is 1. The number of hydrogen-bond acceptors (Lipinski definition) is 3. The van der Waals surface area contributed by atoms with Crippen molar-refractivity contribution in [2.75, 3.05) is 19.6 Å². The monoisotopic (exact) mass is 263 g/mol. The molecule has 0 radical (unpaired) electrons. The van der Waals surface area contributed by atoms with Crippen molar-refractivity contribution in [2.24, 2.45) is 0 Å². The van der Waals surface area contributed by atoms with Gasteiger partial charge in [-0.15, -0.1) is 6.42 Å². The minimum absolute atomic E-state index is 0.0582. The predicted molar refractivity (Wildman–Crippen MR) is 76.7 cm³/mol. The van der Waals surface area contributed by atoms with Gasteiger partial charge in [0.1, 0.15) is 0 Å². The third-order valence-electron chi connectivity index (χ3n) is 4.40. The van der Waals surface area contributed by atoms with Crippen LogP contribution in [0.15, 0.2) is 0 Å². The van der Waals surface area contributed by atoms with Gasteiger partial charge in [0, 0.05) is 12.1 Å². The number of amides is 1. The molecule has 106 valence electrons. The molecule has 0 aromatic carbocycles. The van der Waals surface area contributed by atoms with Crippen molar-refractivity contribution >= 4 is 5.91 Å². The summed E-state index contributed by atoms with van der Waals surface area (Å²) in [6.45, 7) is 4.46. The maximum atomic E-state index is 12.1. The second-order valence-electron chi connectivity index (χ2n) is 5.60. The van der Waals surface area contributed by atoms with Crippen LogP contribution in [0.25, 0.3) is 0 Å². The molecular weight excluding hydrogens is 238 g/mol. The van der Waals surface area contributed by atoms with Crippen LogP contribution in [0.3, 0.4) is 0 Å². The highest BCUT2D eigenvalue weighted by Crippen LogP contribution is 2.26. The number of rotatable bonds is 4. The second kappa shape index (κ2) is 6.93. The smallest absolute Gasteiger partial charge is 0.237 e. The molecule has 4 nitrogen and oxygen atoms in total. The van der Waals surface area contributed by atoms with E-state index in [9.17, 15) is 4.79 Å². The molecule has 1 amide bonds. The number of hydrogen-bond donors (Lipinski definition) is 2. The van der Waals surface area contributed by atoms with Crippen LogP contribution < -0.4 is 10.6 Å². The van der Waals surface area contributed by atoms with E-state index in [2.05, 4.69) is 21.5 Å². The van der Waals surface area contributed by atoms with E-state index in [1.165, 1.54) is 32.1 Å². The first-order chi connectivity index (χ1) is 9.24. The summed E-state index contributed by atoms with van der Waals surface area (Å²) in [5, 5.41) is 6.39. The Hall–Kier alpha value is -1.05. The van der Waals surface area contributed by atoms with Crippen LogP contribution in [0.5, 0.6) is 0 Å². The molecule has 0 aliphatic carbocycles. The molecule has 0 saturated carbocycles. The second-order valence-corrected chi connectivity index (χ2v) is 5.60. The lowest BCUT2D eigenvalue weighted by molar-refractivity contribution is -0.127. The van der Waals surface area contributed by atoms with E-state index in [1.807, 2.05) is 6.92 Å². The van der Waals surface area contributed by atoms with Gasteiger partial charge in [0.2, 0.25) is 5.91 Å². The highest BCUT2D eigenvalue weighted by Gasteiger charge is 2.35. The van der Waals surface area contributed by atoms with Crippen molar-refractivity contribution in [1.82, 2.24) is 15.5 Å². The molecule has 3 unspecified atom stereocenters. The third-order valence-corrected chi connectivity index (χ3v) is 4.40. The zero-order valence-electron chi connectivity index (χ0n) is 11.8. The standard InChI is InChI=1S/C15H25N3O/c1-3-9-17-15(19)12(2)18-11-5-4-8-14(18)13-7-6-10-16-13/h1,12-14,16H,4-11H2,2H3,(H,17,19). The number of likely N-dealkylation sites (tertiary alicyclic amines) is 1. The SMILES string of the molecule is C#CCNC(=O)C(C)N1CCCCC1C1CCCN1. The lowest BCUT2D eigenvalue weighted by Gasteiger charge is -2.42. The van der Waals surface area contributed by atoms with Crippen molar-refractivity contribution in [3.8, 4) is 12.3 Å². The minimum atomic E-state index is -0.0824. The topological polar surface area (TPSA) is 44.4 Å². The lowest BCUT2D eigenvalue weighted by atomic mass is 9.93. The quantitative estimate of drug-likeness (QED) is 0.735. The molecular formula is C15H25N3O. The number of carbonyl (C=O) groups excluding carboxylic acids is 1. The van der Waals surface area contributed by atoms with E-state index >= 15 is 0 Å². The van der Waals surface area contributed by atoms with Gasteiger partial charge in [0.05, 0.1) is 12.6 Å². The first-order valence-electron chi connectivity index (χ1n) is 7.44. The molecule has 2 fully saturated rings. The zero-order chi connectivity index (χ0) is 13.7. The summed E-state index contributed by atoms with van der Waals surface area (Å²) in [6, 6.07) is 0.979. The summed E-state index contributed by atoms with van der Waals surface area (Å²) < 4.78 is 0. The van der Waals surface area contributed by atoms with E-state index < -0.39 is 0 Å². The largest absolute Gasteiger partial charge is 0.344 e. The first kappa shape index (κ1) is 14.4.